The Labute approximate surface area is 120 Å². The van der Waals surface area contributed by atoms with E-state index in [1.165, 1.54) is 25.7 Å². The molecule has 2 fully saturated rings. The predicted molar refractivity (Wildman–Crippen MR) is 78.3 cm³/mol. The molecule has 0 aromatic carbocycles. The quantitative estimate of drug-likeness (QED) is 0.889. The molecule has 2 N–H and O–H groups in total. The standard InChI is InChI=1S/C13H19BrN4O/c1-18-9-2-3-10(18)5-8(4-9)6-15-11-7-16-17-13(19)12(11)14/h7-10H,2-6H2,1H3,(H2,15,17,19). The molecule has 2 atom stereocenters. The number of halogens is 1. The summed E-state index contributed by atoms with van der Waals surface area (Å²) in [6, 6.07) is 1.51. The number of nitrogens with one attached hydrogen (secondary N) is 2. The van der Waals surface area contributed by atoms with Gasteiger partial charge in [0.15, 0.2) is 0 Å². The van der Waals surface area contributed by atoms with Crippen molar-refractivity contribution in [3.63, 3.8) is 0 Å². The molecule has 5 nitrogen and oxygen atoms in total. The van der Waals surface area contributed by atoms with Crippen molar-refractivity contribution in [2.24, 2.45) is 5.92 Å². The SMILES string of the molecule is CN1C2CCC1CC(CNc1cn[nH]c(=O)c1Br)C2. The second-order valence-electron chi connectivity index (χ2n) is 5.70. The van der Waals surface area contributed by atoms with Gasteiger partial charge in [-0.05, 0) is 54.6 Å². The van der Waals surface area contributed by atoms with E-state index in [1.807, 2.05) is 0 Å². The van der Waals surface area contributed by atoms with E-state index in [1.54, 1.807) is 6.20 Å². The van der Waals surface area contributed by atoms with Crippen LogP contribution in [-0.2, 0) is 0 Å². The molecule has 3 heterocycles. The van der Waals surface area contributed by atoms with Crippen LogP contribution < -0.4 is 10.9 Å². The van der Waals surface area contributed by atoms with Crippen LogP contribution in [0.4, 0.5) is 5.69 Å². The van der Waals surface area contributed by atoms with E-state index >= 15 is 0 Å². The Morgan fingerprint density at radius 3 is 2.84 bits per heavy atom. The number of hydrogen-bond acceptors (Lipinski definition) is 4. The van der Waals surface area contributed by atoms with Gasteiger partial charge in [-0.15, -0.1) is 0 Å². The van der Waals surface area contributed by atoms with Crippen LogP contribution in [0, 0.1) is 5.92 Å². The van der Waals surface area contributed by atoms with Crippen LogP contribution in [0.3, 0.4) is 0 Å². The van der Waals surface area contributed by atoms with E-state index in [2.05, 4.69) is 43.4 Å². The van der Waals surface area contributed by atoms with Gasteiger partial charge < -0.3 is 10.2 Å². The maximum Gasteiger partial charge on any atom is 0.280 e. The smallest absolute Gasteiger partial charge is 0.280 e. The number of rotatable bonds is 3. The first kappa shape index (κ1) is 13.1. The Balaban J connectivity index is 1.61. The summed E-state index contributed by atoms with van der Waals surface area (Å²) in [7, 11) is 2.25. The summed E-state index contributed by atoms with van der Waals surface area (Å²) in [5.74, 6) is 0.694. The van der Waals surface area contributed by atoms with Crippen molar-refractivity contribution >= 4 is 21.6 Å². The second-order valence-corrected chi connectivity index (χ2v) is 6.49. The fourth-order valence-electron chi connectivity index (χ4n) is 3.45. The Morgan fingerprint density at radius 1 is 1.47 bits per heavy atom. The minimum Gasteiger partial charge on any atom is -0.382 e. The van der Waals surface area contributed by atoms with Crippen LogP contribution in [-0.4, -0.2) is 40.8 Å². The van der Waals surface area contributed by atoms with Gasteiger partial charge in [-0.3, -0.25) is 4.79 Å². The number of hydrogen-bond donors (Lipinski definition) is 2. The molecule has 0 saturated carbocycles. The molecule has 3 rings (SSSR count). The van der Waals surface area contributed by atoms with Crippen LogP contribution in [0.15, 0.2) is 15.5 Å². The molecule has 6 heteroatoms. The average Bonchev–Trinajstić information content (AvgIpc) is 2.64. The van der Waals surface area contributed by atoms with Crippen molar-refractivity contribution in [2.75, 3.05) is 18.9 Å². The monoisotopic (exact) mass is 326 g/mol. The predicted octanol–water partition coefficient (Wildman–Crippen LogP) is 1.82. The van der Waals surface area contributed by atoms with Gasteiger partial charge in [-0.1, -0.05) is 0 Å². The Morgan fingerprint density at radius 2 is 2.16 bits per heavy atom. The van der Waals surface area contributed by atoms with Crippen LogP contribution in [0.2, 0.25) is 0 Å². The van der Waals surface area contributed by atoms with E-state index in [-0.39, 0.29) is 5.56 Å². The normalized spacial score (nSPS) is 30.5. The minimum absolute atomic E-state index is 0.187. The summed E-state index contributed by atoms with van der Waals surface area (Å²) < 4.78 is 0.540. The summed E-state index contributed by atoms with van der Waals surface area (Å²) in [6.45, 7) is 0.921. The molecule has 0 aliphatic carbocycles. The van der Waals surface area contributed by atoms with Gasteiger partial charge in [0.2, 0.25) is 0 Å². The molecule has 2 aliphatic rings. The zero-order valence-electron chi connectivity index (χ0n) is 11.0. The first-order valence-corrected chi connectivity index (χ1v) is 7.63. The van der Waals surface area contributed by atoms with E-state index < -0.39 is 0 Å². The lowest BCUT2D eigenvalue weighted by Crippen LogP contribution is -2.41. The number of piperidine rings is 1. The molecule has 0 amide bonds. The zero-order valence-corrected chi connectivity index (χ0v) is 12.6. The summed E-state index contributed by atoms with van der Waals surface area (Å²) in [4.78, 5) is 14.0. The van der Waals surface area contributed by atoms with Crippen LogP contribution >= 0.6 is 15.9 Å². The topological polar surface area (TPSA) is 61.0 Å². The van der Waals surface area contributed by atoms with Crippen molar-refractivity contribution < 1.29 is 0 Å². The molecule has 2 aliphatic heterocycles. The summed E-state index contributed by atoms with van der Waals surface area (Å²) in [5.41, 5.74) is 0.600. The first-order valence-electron chi connectivity index (χ1n) is 6.84. The molecular weight excluding hydrogens is 308 g/mol. The maximum atomic E-state index is 11.4. The van der Waals surface area contributed by atoms with Crippen molar-refractivity contribution in [1.82, 2.24) is 15.1 Å². The highest BCUT2D eigenvalue weighted by molar-refractivity contribution is 9.10. The fraction of sp³-hybridized carbons (Fsp3) is 0.692. The van der Waals surface area contributed by atoms with Crippen molar-refractivity contribution in [1.29, 1.82) is 0 Å². The highest BCUT2D eigenvalue weighted by atomic mass is 79.9. The van der Waals surface area contributed by atoms with E-state index in [4.69, 9.17) is 0 Å². The van der Waals surface area contributed by atoms with Gasteiger partial charge in [-0.25, -0.2) is 5.10 Å². The molecule has 2 bridgehead atoms. The lowest BCUT2D eigenvalue weighted by atomic mass is 9.91. The van der Waals surface area contributed by atoms with Crippen LogP contribution in [0.25, 0.3) is 0 Å². The lowest BCUT2D eigenvalue weighted by molar-refractivity contribution is 0.139. The van der Waals surface area contributed by atoms with Gasteiger partial charge in [-0.2, -0.15) is 5.10 Å². The minimum atomic E-state index is -0.187. The molecule has 1 aromatic heterocycles. The lowest BCUT2D eigenvalue weighted by Gasteiger charge is -2.36. The number of anilines is 1. The first-order chi connectivity index (χ1) is 9.15. The number of H-pyrrole nitrogens is 1. The third-order valence-electron chi connectivity index (χ3n) is 4.57. The molecule has 1 aromatic rings. The third kappa shape index (κ3) is 2.56. The van der Waals surface area contributed by atoms with Crippen molar-refractivity contribution in [3.8, 4) is 0 Å². The van der Waals surface area contributed by atoms with Gasteiger partial charge in [0.1, 0.15) is 4.47 Å². The summed E-state index contributed by atoms with van der Waals surface area (Å²) >= 11 is 3.30. The Bertz CT molecular complexity index is 504. The highest BCUT2D eigenvalue weighted by Gasteiger charge is 2.38. The average molecular weight is 327 g/mol. The zero-order chi connectivity index (χ0) is 13.4. The van der Waals surface area contributed by atoms with Gasteiger partial charge in [0, 0.05) is 18.6 Å². The van der Waals surface area contributed by atoms with Gasteiger partial charge in [0.05, 0.1) is 11.9 Å². The second kappa shape index (κ2) is 5.25. The molecule has 104 valence electrons. The molecule has 19 heavy (non-hydrogen) atoms. The molecular formula is C13H19BrN4O. The largest absolute Gasteiger partial charge is 0.382 e. The third-order valence-corrected chi connectivity index (χ3v) is 5.36. The number of fused-ring (bicyclic) bond motifs is 2. The van der Waals surface area contributed by atoms with Crippen molar-refractivity contribution in [2.45, 2.75) is 37.8 Å². The number of nitrogens with zero attached hydrogens (tertiary/aromatic N) is 2. The van der Waals surface area contributed by atoms with Gasteiger partial charge in [0.25, 0.3) is 5.56 Å². The summed E-state index contributed by atoms with van der Waals surface area (Å²) in [5, 5.41) is 9.59. The van der Waals surface area contributed by atoms with Crippen LogP contribution in [0.1, 0.15) is 25.7 Å². The molecule has 2 unspecified atom stereocenters. The fourth-order valence-corrected chi connectivity index (χ4v) is 3.78. The number of aromatic amines is 1. The van der Waals surface area contributed by atoms with Gasteiger partial charge >= 0.3 is 0 Å². The molecule has 0 radical (unpaired) electrons. The molecule has 0 spiro atoms. The van der Waals surface area contributed by atoms with Crippen LogP contribution in [0.5, 0.6) is 0 Å². The van der Waals surface area contributed by atoms with E-state index in [0.717, 1.165) is 24.3 Å². The Hall–Kier alpha value is -0.880. The maximum absolute atomic E-state index is 11.4. The number of aromatic nitrogens is 2. The van der Waals surface area contributed by atoms with E-state index in [0.29, 0.717) is 10.4 Å². The highest BCUT2D eigenvalue weighted by Crippen LogP contribution is 2.37. The Kier molecular flexibility index (Phi) is 3.62. The van der Waals surface area contributed by atoms with E-state index in [9.17, 15) is 4.79 Å². The molecule has 2 saturated heterocycles. The van der Waals surface area contributed by atoms with Crippen molar-refractivity contribution in [3.05, 3.63) is 21.0 Å². The summed E-state index contributed by atoms with van der Waals surface area (Å²) in [6.07, 6.45) is 6.86.